The van der Waals surface area contributed by atoms with Gasteiger partial charge in [0.15, 0.2) is 0 Å². The molecule has 1 aliphatic carbocycles. The van der Waals surface area contributed by atoms with Crippen LogP contribution in [0.2, 0.25) is 0 Å². The highest BCUT2D eigenvalue weighted by atomic mass is 16.1. The van der Waals surface area contributed by atoms with Crippen molar-refractivity contribution in [2.45, 2.75) is 19.3 Å². The Morgan fingerprint density at radius 1 is 0.933 bits per heavy atom. The summed E-state index contributed by atoms with van der Waals surface area (Å²) in [5.74, 6) is 0.435. The Hall–Kier alpha value is -1.77. The topological polar surface area (TPSA) is 42.9 Å². The number of benzene rings is 1. The van der Waals surface area contributed by atoms with Gasteiger partial charge in [-0.15, -0.1) is 0 Å². The van der Waals surface area contributed by atoms with Gasteiger partial charge in [-0.2, -0.15) is 0 Å². The standard InChI is InChI=1S/C8H6N2.C4H6O/c1-2-4-8-7(3-1)9-5-6-10-8;5-4-2-1-3-4/h1-6H;1-3H2. The molecule has 0 radical (unpaired) electrons. The van der Waals surface area contributed by atoms with Crippen molar-refractivity contribution in [2.75, 3.05) is 0 Å². The zero-order valence-corrected chi connectivity index (χ0v) is 8.39. The predicted molar refractivity (Wildman–Crippen MR) is 58.4 cm³/mol. The van der Waals surface area contributed by atoms with E-state index >= 15 is 0 Å². The summed E-state index contributed by atoms with van der Waals surface area (Å²) in [4.78, 5) is 18.1. The second kappa shape index (κ2) is 4.64. The van der Waals surface area contributed by atoms with Gasteiger partial charge in [-0.05, 0) is 18.6 Å². The van der Waals surface area contributed by atoms with E-state index in [1.165, 1.54) is 0 Å². The molecule has 0 amide bonds. The van der Waals surface area contributed by atoms with Crippen molar-refractivity contribution in [1.82, 2.24) is 9.97 Å². The number of rotatable bonds is 0. The molecule has 3 nitrogen and oxygen atoms in total. The summed E-state index contributed by atoms with van der Waals surface area (Å²) in [6.07, 6.45) is 6.23. The van der Waals surface area contributed by atoms with Gasteiger partial charge in [0.05, 0.1) is 11.0 Å². The zero-order valence-electron chi connectivity index (χ0n) is 8.39. The first-order chi connectivity index (χ1) is 7.36. The molecule has 0 atom stereocenters. The van der Waals surface area contributed by atoms with Gasteiger partial charge in [0, 0.05) is 25.2 Å². The quantitative estimate of drug-likeness (QED) is 0.655. The van der Waals surface area contributed by atoms with Crippen molar-refractivity contribution in [1.29, 1.82) is 0 Å². The maximum atomic E-state index is 9.90. The fourth-order valence-electron chi connectivity index (χ4n) is 1.23. The number of hydrogen-bond acceptors (Lipinski definition) is 3. The van der Waals surface area contributed by atoms with Crippen LogP contribution in [0.3, 0.4) is 0 Å². The number of carbonyl (C=O) groups excluding carboxylic acids is 1. The Kier molecular flexibility index (Phi) is 3.02. The van der Waals surface area contributed by atoms with E-state index in [-0.39, 0.29) is 0 Å². The second-order valence-corrected chi connectivity index (χ2v) is 3.44. The van der Waals surface area contributed by atoms with Gasteiger partial charge in [-0.1, -0.05) is 12.1 Å². The lowest BCUT2D eigenvalue weighted by atomic mass is 9.99. The van der Waals surface area contributed by atoms with Crippen LogP contribution in [0.4, 0.5) is 0 Å². The molecule has 15 heavy (non-hydrogen) atoms. The molecular formula is C12H12N2O. The molecule has 1 aromatic carbocycles. The van der Waals surface area contributed by atoms with E-state index in [1.807, 2.05) is 24.3 Å². The molecule has 3 rings (SSSR count). The molecule has 1 aliphatic rings. The van der Waals surface area contributed by atoms with Crippen molar-refractivity contribution in [3.05, 3.63) is 36.7 Å². The highest BCUT2D eigenvalue weighted by molar-refractivity contribution is 5.83. The van der Waals surface area contributed by atoms with E-state index in [9.17, 15) is 4.79 Å². The maximum Gasteiger partial charge on any atom is 0.132 e. The first kappa shape index (κ1) is 9.77. The molecule has 1 saturated carbocycles. The number of ketones is 1. The largest absolute Gasteiger partial charge is 0.300 e. The highest BCUT2D eigenvalue weighted by Crippen LogP contribution is 2.10. The summed E-state index contributed by atoms with van der Waals surface area (Å²) in [5.41, 5.74) is 1.90. The van der Waals surface area contributed by atoms with Gasteiger partial charge in [-0.3, -0.25) is 14.8 Å². The summed E-state index contributed by atoms with van der Waals surface area (Å²) >= 11 is 0. The monoisotopic (exact) mass is 200 g/mol. The number of carbonyl (C=O) groups is 1. The molecule has 0 aliphatic heterocycles. The molecule has 0 N–H and O–H groups in total. The molecule has 0 unspecified atom stereocenters. The SMILES string of the molecule is O=C1CCC1.c1ccc2nccnc2c1. The van der Waals surface area contributed by atoms with Gasteiger partial charge < -0.3 is 0 Å². The molecule has 0 spiro atoms. The minimum absolute atomic E-state index is 0.435. The van der Waals surface area contributed by atoms with Crippen molar-refractivity contribution < 1.29 is 4.79 Å². The van der Waals surface area contributed by atoms with E-state index in [0.717, 1.165) is 30.3 Å². The first-order valence-electron chi connectivity index (χ1n) is 5.04. The van der Waals surface area contributed by atoms with Crippen molar-refractivity contribution >= 4 is 16.8 Å². The molecule has 2 aromatic rings. The van der Waals surface area contributed by atoms with Crippen molar-refractivity contribution in [2.24, 2.45) is 0 Å². The van der Waals surface area contributed by atoms with Crippen LogP contribution in [0.1, 0.15) is 19.3 Å². The van der Waals surface area contributed by atoms with E-state index in [0.29, 0.717) is 5.78 Å². The molecule has 1 heterocycles. The van der Waals surface area contributed by atoms with Gasteiger partial charge in [-0.25, -0.2) is 0 Å². The molecule has 0 bridgehead atoms. The third-order valence-corrected chi connectivity index (χ3v) is 2.29. The van der Waals surface area contributed by atoms with Crippen LogP contribution in [-0.4, -0.2) is 15.8 Å². The van der Waals surface area contributed by atoms with Crippen LogP contribution < -0.4 is 0 Å². The number of Topliss-reactive ketones (excluding diaryl/α,β-unsaturated/α-hetero) is 1. The molecule has 3 heteroatoms. The molecule has 1 fully saturated rings. The highest BCUT2D eigenvalue weighted by Gasteiger charge is 2.09. The second-order valence-electron chi connectivity index (χ2n) is 3.44. The fraction of sp³-hybridized carbons (Fsp3) is 0.250. The number of aromatic nitrogens is 2. The number of fused-ring (bicyclic) bond motifs is 1. The lowest BCUT2D eigenvalue weighted by molar-refractivity contribution is -0.123. The van der Waals surface area contributed by atoms with Gasteiger partial charge in [0.25, 0.3) is 0 Å². The minimum atomic E-state index is 0.435. The summed E-state index contributed by atoms with van der Waals surface area (Å²) < 4.78 is 0. The van der Waals surface area contributed by atoms with Crippen LogP contribution in [0.25, 0.3) is 11.0 Å². The van der Waals surface area contributed by atoms with Gasteiger partial charge >= 0.3 is 0 Å². The molecule has 0 saturated heterocycles. The van der Waals surface area contributed by atoms with Gasteiger partial charge in [0.2, 0.25) is 0 Å². The Morgan fingerprint density at radius 3 is 1.73 bits per heavy atom. The predicted octanol–water partition coefficient (Wildman–Crippen LogP) is 2.37. The smallest absolute Gasteiger partial charge is 0.132 e. The third-order valence-electron chi connectivity index (χ3n) is 2.29. The first-order valence-corrected chi connectivity index (χ1v) is 5.04. The average Bonchev–Trinajstić information content (AvgIpc) is 2.27. The molecular weight excluding hydrogens is 188 g/mol. The Labute approximate surface area is 88.2 Å². The van der Waals surface area contributed by atoms with Gasteiger partial charge in [0.1, 0.15) is 5.78 Å². The fourth-order valence-corrected chi connectivity index (χ4v) is 1.23. The maximum absolute atomic E-state index is 9.90. The van der Waals surface area contributed by atoms with Crippen LogP contribution in [0, 0.1) is 0 Å². The van der Waals surface area contributed by atoms with Crippen molar-refractivity contribution in [3.63, 3.8) is 0 Å². The number of nitrogens with zero attached hydrogens (tertiary/aromatic N) is 2. The van der Waals surface area contributed by atoms with Crippen LogP contribution >= 0.6 is 0 Å². The molecule has 76 valence electrons. The summed E-state index contributed by atoms with van der Waals surface area (Å²) in [6.45, 7) is 0. The van der Waals surface area contributed by atoms with Crippen LogP contribution in [0.5, 0.6) is 0 Å². The third kappa shape index (κ3) is 2.59. The van der Waals surface area contributed by atoms with Crippen LogP contribution in [0.15, 0.2) is 36.7 Å². The Morgan fingerprint density at radius 2 is 1.40 bits per heavy atom. The summed E-state index contributed by atoms with van der Waals surface area (Å²) in [6, 6.07) is 7.80. The zero-order chi connectivity index (χ0) is 10.5. The minimum Gasteiger partial charge on any atom is -0.300 e. The van der Waals surface area contributed by atoms with E-state index < -0.39 is 0 Å². The van der Waals surface area contributed by atoms with E-state index in [1.54, 1.807) is 12.4 Å². The van der Waals surface area contributed by atoms with E-state index in [2.05, 4.69) is 9.97 Å². The normalized spacial score (nSPS) is 14.0. The summed E-state index contributed by atoms with van der Waals surface area (Å²) in [5, 5.41) is 0. The average molecular weight is 200 g/mol. The van der Waals surface area contributed by atoms with Crippen molar-refractivity contribution in [3.8, 4) is 0 Å². The van der Waals surface area contributed by atoms with E-state index in [4.69, 9.17) is 0 Å². The lowest BCUT2D eigenvalue weighted by Gasteiger charge is -2.05. The van der Waals surface area contributed by atoms with Crippen LogP contribution in [-0.2, 0) is 4.79 Å². The number of hydrogen-bond donors (Lipinski definition) is 0. The Balaban J connectivity index is 0.000000144. The number of para-hydroxylation sites is 2. The molecule has 1 aromatic heterocycles. The lowest BCUT2D eigenvalue weighted by Crippen LogP contribution is -2.07. The summed E-state index contributed by atoms with van der Waals surface area (Å²) in [7, 11) is 0. The Bertz CT molecular complexity index is 396.